The number of aromatic carboxylic acids is 1. The van der Waals surface area contributed by atoms with Crippen molar-refractivity contribution in [3.8, 4) is 0 Å². The highest BCUT2D eigenvalue weighted by Crippen LogP contribution is 2.30. The van der Waals surface area contributed by atoms with Gasteiger partial charge in [0, 0.05) is 16.8 Å². The zero-order valence-corrected chi connectivity index (χ0v) is 13.2. The number of halogens is 2. The van der Waals surface area contributed by atoms with Gasteiger partial charge in [-0.2, -0.15) is 11.8 Å². The summed E-state index contributed by atoms with van der Waals surface area (Å²) in [4.78, 5) is 10.7. The molecule has 0 radical (unpaired) electrons. The Balaban J connectivity index is 2.42. The zero-order chi connectivity index (χ0) is 14.9. The number of carboxylic acid groups (broad SMARTS) is 1. The van der Waals surface area contributed by atoms with Crippen molar-refractivity contribution in [2.45, 2.75) is 17.4 Å². The first-order valence-electron chi connectivity index (χ1n) is 5.63. The molecule has 1 aromatic rings. The van der Waals surface area contributed by atoms with Crippen LogP contribution in [0.25, 0.3) is 0 Å². The number of carboxylic acids is 1. The highest BCUT2D eigenvalue weighted by atomic mass is 35.5. The fourth-order valence-corrected chi connectivity index (χ4v) is 5.26. The number of carbonyl (C=O) groups is 1. The minimum absolute atomic E-state index is 0.00738. The fourth-order valence-electron chi connectivity index (χ4n) is 1.83. The summed E-state index contributed by atoms with van der Waals surface area (Å²) in [5, 5.41) is 8.68. The lowest BCUT2D eigenvalue weighted by molar-refractivity contribution is 0.0697. The Bertz CT molecular complexity index is 642. The molecule has 0 amide bonds. The van der Waals surface area contributed by atoms with E-state index in [0.717, 1.165) is 24.3 Å². The number of nitrogens with one attached hydrogen (secondary N) is 1. The van der Waals surface area contributed by atoms with Crippen LogP contribution in [-0.2, 0) is 10.0 Å². The topological polar surface area (TPSA) is 83.5 Å². The molecule has 0 aliphatic carbocycles. The van der Waals surface area contributed by atoms with Crippen molar-refractivity contribution in [2.24, 2.45) is 0 Å². The molecule has 1 unspecified atom stereocenters. The number of hydrogen-bond donors (Lipinski definition) is 2. The fraction of sp³-hybridized carbons (Fsp3) is 0.364. The van der Waals surface area contributed by atoms with Gasteiger partial charge in [0.1, 0.15) is 4.90 Å². The lowest BCUT2D eigenvalue weighted by Gasteiger charge is -2.14. The van der Waals surface area contributed by atoms with Crippen molar-refractivity contribution in [3.63, 3.8) is 0 Å². The van der Waals surface area contributed by atoms with E-state index in [-0.39, 0.29) is 26.5 Å². The molecular weight excluding hydrogens is 345 g/mol. The van der Waals surface area contributed by atoms with Gasteiger partial charge in [-0.25, -0.2) is 17.9 Å². The number of hydrogen-bond acceptors (Lipinski definition) is 4. The SMILES string of the molecule is O=C(O)c1cc(Cl)cc(S(=O)(=O)NC2CCSC2)c1Cl. The van der Waals surface area contributed by atoms with Crippen LogP contribution in [0, 0.1) is 0 Å². The first-order valence-corrected chi connectivity index (χ1v) is 9.03. The Hall–Kier alpha value is -0.470. The summed E-state index contributed by atoms with van der Waals surface area (Å²) in [7, 11) is -3.90. The Morgan fingerprint density at radius 1 is 1.40 bits per heavy atom. The van der Waals surface area contributed by atoms with Crippen molar-refractivity contribution in [2.75, 3.05) is 11.5 Å². The lowest BCUT2D eigenvalue weighted by atomic mass is 10.2. The van der Waals surface area contributed by atoms with Gasteiger partial charge in [-0.15, -0.1) is 0 Å². The summed E-state index contributed by atoms with van der Waals surface area (Å²) in [5.41, 5.74) is -0.333. The van der Waals surface area contributed by atoms with E-state index in [0.29, 0.717) is 5.75 Å². The second-order valence-electron chi connectivity index (χ2n) is 4.25. The van der Waals surface area contributed by atoms with Gasteiger partial charge < -0.3 is 5.11 Å². The van der Waals surface area contributed by atoms with Gasteiger partial charge >= 0.3 is 5.97 Å². The van der Waals surface area contributed by atoms with Crippen LogP contribution in [0.4, 0.5) is 0 Å². The van der Waals surface area contributed by atoms with Crippen molar-refractivity contribution in [3.05, 3.63) is 27.7 Å². The quantitative estimate of drug-likeness (QED) is 0.866. The summed E-state index contributed by atoms with van der Waals surface area (Å²) in [6, 6.07) is 2.10. The predicted octanol–water partition coefficient (Wildman–Crippen LogP) is 2.48. The van der Waals surface area contributed by atoms with E-state index in [9.17, 15) is 13.2 Å². The van der Waals surface area contributed by atoms with Gasteiger partial charge in [-0.05, 0) is 24.3 Å². The van der Waals surface area contributed by atoms with E-state index in [1.54, 1.807) is 11.8 Å². The number of sulfonamides is 1. The molecule has 0 saturated carbocycles. The predicted molar refractivity (Wildman–Crippen MR) is 79.5 cm³/mol. The van der Waals surface area contributed by atoms with Crippen molar-refractivity contribution >= 4 is 51.0 Å². The van der Waals surface area contributed by atoms with Crippen molar-refractivity contribution in [1.29, 1.82) is 0 Å². The maximum atomic E-state index is 12.3. The lowest BCUT2D eigenvalue weighted by Crippen LogP contribution is -2.34. The van der Waals surface area contributed by atoms with Gasteiger partial charge in [0.15, 0.2) is 0 Å². The molecule has 0 spiro atoms. The Morgan fingerprint density at radius 3 is 2.65 bits per heavy atom. The third-order valence-electron chi connectivity index (χ3n) is 2.78. The van der Waals surface area contributed by atoms with E-state index in [1.165, 1.54) is 0 Å². The van der Waals surface area contributed by atoms with Gasteiger partial charge in [0.25, 0.3) is 0 Å². The monoisotopic (exact) mass is 355 g/mol. The Labute approximate surface area is 130 Å². The highest BCUT2D eigenvalue weighted by molar-refractivity contribution is 7.99. The minimum atomic E-state index is -3.90. The normalized spacial score (nSPS) is 19.2. The number of benzene rings is 1. The molecule has 9 heteroatoms. The van der Waals surface area contributed by atoms with E-state index in [4.69, 9.17) is 28.3 Å². The van der Waals surface area contributed by atoms with Gasteiger partial charge in [0.05, 0.1) is 10.6 Å². The van der Waals surface area contributed by atoms with Gasteiger partial charge in [0.2, 0.25) is 10.0 Å². The van der Waals surface area contributed by atoms with Gasteiger partial charge in [-0.3, -0.25) is 0 Å². The maximum absolute atomic E-state index is 12.3. The minimum Gasteiger partial charge on any atom is -0.478 e. The van der Waals surface area contributed by atoms with Crippen LogP contribution in [0.3, 0.4) is 0 Å². The molecule has 1 aliphatic rings. The summed E-state index contributed by atoms with van der Waals surface area (Å²) in [6.45, 7) is 0. The standard InChI is InChI=1S/C11H11Cl2NO4S2/c12-6-3-8(11(15)16)10(13)9(4-6)20(17,18)14-7-1-2-19-5-7/h3-4,7,14H,1-2,5H2,(H,15,16). The molecule has 20 heavy (non-hydrogen) atoms. The van der Waals surface area contributed by atoms with Crippen LogP contribution < -0.4 is 4.72 Å². The second kappa shape index (κ2) is 6.11. The summed E-state index contributed by atoms with van der Waals surface area (Å²) in [5.74, 6) is 0.241. The molecule has 5 nitrogen and oxygen atoms in total. The van der Waals surface area contributed by atoms with Crippen LogP contribution in [0.1, 0.15) is 16.8 Å². The van der Waals surface area contributed by atoms with E-state index >= 15 is 0 Å². The Morgan fingerprint density at radius 2 is 2.10 bits per heavy atom. The van der Waals surface area contributed by atoms with Crippen LogP contribution in [-0.4, -0.2) is 37.0 Å². The first-order chi connectivity index (χ1) is 9.31. The average molecular weight is 356 g/mol. The van der Waals surface area contributed by atoms with E-state index in [2.05, 4.69) is 4.72 Å². The van der Waals surface area contributed by atoms with Crippen LogP contribution in [0.5, 0.6) is 0 Å². The molecule has 1 aliphatic heterocycles. The molecule has 1 saturated heterocycles. The largest absolute Gasteiger partial charge is 0.478 e. The molecule has 2 N–H and O–H groups in total. The summed E-state index contributed by atoms with van der Waals surface area (Å²) in [6.07, 6.45) is 0.730. The average Bonchev–Trinajstić information content (AvgIpc) is 2.83. The third-order valence-corrected chi connectivity index (χ3v) is 6.22. The second-order valence-corrected chi connectivity index (χ2v) is 7.90. The smallest absolute Gasteiger partial charge is 0.337 e. The summed E-state index contributed by atoms with van der Waals surface area (Å²) < 4.78 is 27.1. The van der Waals surface area contributed by atoms with Crippen LogP contribution >= 0.6 is 35.0 Å². The molecule has 1 atom stereocenters. The van der Waals surface area contributed by atoms with E-state index in [1.807, 2.05) is 0 Å². The molecule has 1 aromatic carbocycles. The zero-order valence-electron chi connectivity index (χ0n) is 10.1. The molecular formula is C11H11Cl2NO4S2. The Kier molecular flexibility index (Phi) is 4.86. The number of thioether (sulfide) groups is 1. The van der Waals surface area contributed by atoms with Gasteiger partial charge in [-0.1, -0.05) is 23.2 Å². The molecule has 0 aromatic heterocycles. The molecule has 0 bridgehead atoms. The maximum Gasteiger partial charge on any atom is 0.337 e. The third kappa shape index (κ3) is 3.40. The first kappa shape index (κ1) is 15.9. The molecule has 1 fully saturated rings. The molecule has 110 valence electrons. The molecule has 2 rings (SSSR count). The van der Waals surface area contributed by atoms with E-state index < -0.39 is 16.0 Å². The van der Waals surface area contributed by atoms with Crippen LogP contribution in [0.2, 0.25) is 10.0 Å². The number of rotatable bonds is 4. The van der Waals surface area contributed by atoms with Crippen molar-refractivity contribution in [1.82, 2.24) is 4.72 Å². The van der Waals surface area contributed by atoms with Crippen molar-refractivity contribution < 1.29 is 18.3 Å². The highest BCUT2D eigenvalue weighted by Gasteiger charge is 2.27. The molecule has 1 heterocycles. The summed E-state index contributed by atoms with van der Waals surface area (Å²) >= 11 is 13.3. The van der Waals surface area contributed by atoms with Crippen LogP contribution in [0.15, 0.2) is 17.0 Å².